The minimum atomic E-state index is -2.52. The Hall–Kier alpha value is -7.74. The minimum absolute atomic E-state index is 0.0211. The van der Waals surface area contributed by atoms with Gasteiger partial charge in [-0.05, 0) is 151 Å². The molecule has 8 rings (SSSR count). The summed E-state index contributed by atoms with van der Waals surface area (Å²) in [4.78, 5) is 144. The molecule has 0 spiro atoms. The number of carbonyl (C=O) groups is 10. The van der Waals surface area contributed by atoms with Gasteiger partial charge in [-0.3, -0.25) is 38.4 Å². The molecule has 24 heteroatoms. The molecule has 0 aromatic carbocycles. The third-order valence-corrected chi connectivity index (χ3v) is 24.0. The van der Waals surface area contributed by atoms with Crippen LogP contribution in [0.4, 0.5) is 0 Å². The van der Waals surface area contributed by atoms with E-state index in [4.69, 9.17) is 42.6 Å². The Morgan fingerprint density at radius 2 is 1.49 bits per heavy atom. The van der Waals surface area contributed by atoms with Crippen LogP contribution in [0.25, 0.3) is 0 Å². The highest BCUT2D eigenvalue weighted by molar-refractivity contribution is 6.39. The van der Waals surface area contributed by atoms with Gasteiger partial charge in [0.15, 0.2) is 11.5 Å². The number of hydrogen-bond donors (Lipinski definition) is 3. The molecule has 8 aliphatic rings. The van der Waals surface area contributed by atoms with Gasteiger partial charge in [-0.1, -0.05) is 102 Å². The molecule has 4 fully saturated rings. The lowest BCUT2D eigenvalue weighted by Crippen LogP contribution is -2.60. The number of cyclic esters (lactones) is 2. The van der Waals surface area contributed by atoms with E-state index in [-0.39, 0.29) is 91.8 Å². The molecule has 3 N–H and O–H groups in total. The topological polar surface area (TPSA) is 321 Å². The van der Waals surface area contributed by atoms with Crippen molar-refractivity contribution in [1.29, 1.82) is 0 Å². The molecule has 1 amide bonds. The van der Waals surface area contributed by atoms with E-state index in [1.165, 1.54) is 27.3 Å². The van der Waals surface area contributed by atoms with Gasteiger partial charge in [-0.2, -0.15) is 0 Å². The summed E-state index contributed by atoms with van der Waals surface area (Å²) in [7, 11) is 4.35. The molecule has 4 heterocycles. The average molecular weight is 1520 g/mol. The fraction of sp³-hybridized carbons (Fsp3) is 0.647. The van der Waals surface area contributed by atoms with Gasteiger partial charge in [0.1, 0.15) is 54.6 Å². The van der Waals surface area contributed by atoms with Crippen molar-refractivity contribution in [3.8, 4) is 0 Å². The number of Topliss-reactive ketones (excluding diaryl/α,β-unsaturated/α-hetero) is 4. The number of ketones is 4. The van der Waals surface area contributed by atoms with E-state index in [0.717, 1.165) is 10.5 Å². The number of aliphatic hydroxyl groups excluding tert-OH is 2. The van der Waals surface area contributed by atoms with Crippen LogP contribution in [0, 0.1) is 52.3 Å². The van der Waals surface area contributed by atoms with Crippen molar-refractivity contribution in [2.45, 2.75) is 252 Å². The SMILES string of the molecule is C=CCN(/C=C1/C(=O)O[C@H](COC)[C@@]2(C)C1=C(O)C(=O)C1=C2[C@H](OC(C)=O)C[C@@]2(C)C1CC[C@@H]2OC(=O)CCCCC(=O)OC1CCC(C[C@@H](C)[C@@H]2CC(=O)[C@H](C)/C=C(\C)[C@@H](O)[C@@H](OC)C(=O)[C@H](C)C[C@H](C)/C=C/C=C/C=C(\C)[C@@H](OC)C[C@@H]3CC[C@@H](C)[C@@](O)(O3)C(=O)C(=O)N3CC=CC[C@H]3C(=O)O2)CC1)CC=C. The zero-order chi connectivity index (χ0) is 80.0. The van der Waals surface area contributed by atoms with Gasteiger partial charge in [-0.15, -0.1) is 13.2 Å². The Morgan fingerprint density at radius 1 is 0.807 bits per heavy atom. The smallest absolute Gasteiger partial charge is 0.340 e. The number of hydrogen-bond acceptors (Lipinski definition) is 23. The number of nitrogens with zero attached hydrogens (tertiary/aromatic N) is 2. The van der Waals surface area contributed by atoms with Crippen LogP contribution in [-0.2, 0) is 90.6 Å². The zero-order valence-electron chi connectivity index (χ0n) is 66.1. The Bertz CT molecular complexity index is 3650. The largest absolute Gasteiger partial charge is 0.504 e. The van der Waals surface area contributed by atoms with Crippen molar-refractivity contribution in [2.75, 3.05) is 47.6 Å². The lowest BCUT2D eigenvalue weighted by atomic mass is 9.53. The van der Waals surface area contributed by atoms with Crippen molar-refractivity contribution < 1.29 is 106 Å². The number of rotatable bonds is 20. The quantitative estimate of drug-likeness (QED) is 0.0255. The summed E-state index contributed by atoms with van der Waals surface area (Å²) < 4.78 is 54.1. The second-order valence-corrected chi connectivity index (χ2v) is 32.0. The maximum Gasteiger partial charge on any atom is 0.340 e. The van der Waals surface area contributed by atoms with Crippen LogP contribution in [-0.4, -0.2) is 198 Å². The maximum absolute atomic E-state index is 14.9. The Morgan fingerprint density at radius 3 is 2.13 bits per heavy atom. The first-order chi connectivity index (χ1) is 51.7. The van der Waals surface area contributed by atoms with Crippen LogP contribution in [0.1, 0.15) is 185 Å². The third-order valence-electron chi connectivity index (χ3n) is 24.0. The molecule has 24 nitrogen and oxygen atoms in total. The number of ether oxygens (including phenoxy) is 9. The molecule has 2 saturated carbocycles. The van der Waals surface area contributed by atoms with Gasteiger partial charge >= 0.3 is 29.8 Å². The molecule has 109 heavy (non-hydrogen) atoms. The molecule has 0 radical (unpaired) electrons. The minimum Gasteiger partial charge on any atom is -0.504 e. The molecule has 1 unspecified atom stereocenters. The molecular formula is C85H118N2O22. The van der Waals surface area contributed by atoms with Crippen LogP contribution >= 0.6 is 0 Å². The number of methoxy groups -OCH3 is 3. The van der Waals surface area contributed by atoms with Gasteiger partial charge in [-0.25, -0.2) is 9.59 Å². The van der Waals surface area contributed by atoms with Crippen molar-refractivity contribution in [1.82, 2.24) is 9.80 Å². The van der Waals surface area contributed by atoms with E-state index in [9.17, 15) is 63.3 Å². The highest BCUT2D eigenvalue weighted by Crippen LogP contribution is 2.64. The predicted octanol–water partition coefficient (Wildman–Crippen LogP) is 10.9. The standard InChI is InChI=1S/C85H118N2O22/c1-16-38-86(39-17-2)47-60-72-77(95)76(94)71-61-36-37-67(83(61,11)46-66(104-56(10)88)73(71)84(72,12)68(48-101-13)108-81(60)98)107-70(91)29-22-21-28-69(90)105-58-34-31-57(32-35-58)43-52(6)65-45-63(89)51(5)42-54(8)75(93)78(103-15)74(92)53(7)41-49(3)25-19-18-20-26-50(4)64(102-14)44-59-33-30-55(9)85(100,109-59)79(96)80(97)87-40-24-23-27-62(87)82(99)106-65/h16-20,23-26,42,47,49,51-53,55,57-59,61-62,64-68,75,78,93,95,100H,1-2,21-22,27-41,43-46,48H2,3-15H3/b20-18+,25-19+,50-26+,54-42+,60-47+/t49-,51-,52-,53-,55-,57?,58?,59+,61?,62+,64+,65+,66-,67+,68-,75-,78+,83+,84+,85-/m1/s1. The number of esters is 5. The molecule has 600 valence electrons. The van der Waals surface area contributed by atoms with Crippen molar-refractivity contribution in [2.24, 2.45) is 52.3 Å². The van der Waals surface area contributed by atoms with Crippen LogP contribution in [0.3, 0.4) is 0 Å². The first-order valence-electron chi connectivity index (χ1n) is 39.0. The van der Waals surface area contributed by atoms with E-state index < -0.39 is 160 Å². The van der Waals surface area contributed by atoms with Gasteiger partial charge in [0, 0.05) is 114 Å². The van der Waals surface area contributed by atoms with Crippen LogP contribution in [0.2, 0.25) is 0 Å². The number of unbranched alkanes of at least 4 members (excludes halogenated alkanes) is 1. The summed E-state index contributed by atoms with van der Waals surface area (Å²) >= 11 is 0. The summed E-state index contributed by atoms with van der Waals surface area (Å²) in [5, 5.41) is 35.9. The fourth-order valence-corrected chi connectivity index (χ4v) is 17.8. The van der Waals surface area contributed by atoms with Gasteiger partial charge < -0.3 is 67.8 Å². The Labute approximate surface area is 642 Å². The van der Waals surface area contributed by atoms with Crippen molar-refractivity contribution in [3.63, 3.8) is 0 Å². The van der Waals surface area contributed by atoms with Crippen LogP contribution < -0.4 is 0 Å². The van der Waals surface area contributed by atoms with Gasteiger partial charge in [0.05, 0.1) is 29.8 Å². The number of amides is 1. The Balaban J connectivity index is 0.905. The average Bonchev–Trinajstić information content (AvgIpc) is 1.66. The highest BCUT2D eigenvalue weighted by Gasteiger charge is 2.65. The van der Waals surface area contributed by atoms with E-state index >= 15 is 0 Å². The van der Waals surface area contributed by atoms with Crippen molar-refractivity contribution in [3.05, 3.63) is 119 Å². The second-order valence-electron chi connectivity index (χ2n) is 32.0. The molecule has 18 atom stereocenters. The zero-order valence-corrected chi connectivity index (χ0v) is 66.1. The summed E-state index contributed by atoms with van der Waals surface area (Å²) in [6.45, 7) is 25.3. The molecule has 2 saturated heterocycles. The normalized spacial score (nSPS) is 36.3. The lowest BCUT2D eigenvalue weighted by molar-refractivity contribution is -0.265. The van der Waals surface area contributed by atoms with Crippen LogP contribution in [0.5, 0.6) is 0 Å². The van der Waals surface area contributed by atoms with Crippen LogP contribution in [0.15, 0.2) is 119 Å². The summed E-state index contributed by atoms with van der Waals surface area (Å²) in [5.41, 5.74) is -0.598. The first-order valence-corrected chi connectivity index (χ1v) is 39.0. The first kappa shape index (κ1) is 86.8. The predicted molar refractivity (Wildman–Crippen MR) is 404 cm³/mol. The molecule has 2 bridgehead atoms. The molecular weight excluding hydrogens is 1400 g/mol. The fourth-order valence-electron chi connectivity index (χ4n) is 17.8. The van der Waals surface area contributed by atoms with E-state index in [2.05, 4.69) is 13.2 Å². The number of carbonyl (C=O) groups excluding carboxylic acids is 10. The van der Waals surface area contributed by atoms with E-state index in [1.807, 2.05) is 58.1 Å². The highest BCUT2D eigenvalue weighted by atomic mass is 16.6. The molecule has 0 aromatic heterocycles. The molecule has 4 aliphatic carbocycles. The monoisotopic (exact) mass is 1520 g/mol. The summed E-state index contributed by atoms with van der Waals surface area (Å²) in [5.74, 6) is -13.2. The van der Waals surface area contributed by atoms with Gasteiger partial charge in [0.25, 0.3) is 11.7 Å². The molecule has 4 aliphatic heterocycles. The van der Waals surface area contributed by atoms with Crippen molar-refractivity contribution >= 4 is 58.9 Å². The second kappa shape index (κ2) is 38.5. The maximum atomic E-state index is 14.9. The molecule has 0 aromatic rings. The van der Waals surface area contributed by atoms with E-state index in [0.29, 0.717) is 101 Å². The number of allylic oxidation sites excluding steroid dienone is 7. The van der Waals surface area contributed by atoms with E-state index in [1.54, 1.807) is 77.0 Å². The number of aliphatic hydroxyl groups is 3. The summed E-state index contributed by atoms with van der Waals surface area (Å²) in [6, 6.07) is -1.31. The summed E-state index contributed by atoms with van der Waals surface area (Å²) in [6.07, 6.45) is 16.7. The lowest BCUT2D eigenvalue weighted by Gasteiger charge is -2.54. The number of fused-ring (bicyclic) bond motifs is 7. The third kappa shape index (κ3) is 20.1. The Kier molecular flexibility index (Phi) is 30.6. The van der Waals surface area contributed by atoms with Gasteiger partial charge in [0.2, 0.25) is 11.6 Å².